The molecular formula is C21H26N2O3S. The van der Waals surface area contributed by atoms with Crippen molar-refractivity contribution in [3.8, 4) is 5.75 Å². The summed E-state index contributed by atoms with van der Waals surface area (Å²) in [6.45, 7) is 3.96. The van der Waals surface area contributed by atoms with E-state index in [2.05, 4.69) is 5.32 Å². The fourth-order valence-corrected chi connectivity index (χ4v) is 3.83. The van der Waals surface area contributed by atoms with E-state index in [1.807, 2.05) is 53.6 Å². The van der Waals surface area contributed by atoms with Crippen molar-refractivity contribution in [2.45, 2.75) is 38.6 Å². The number of nitrogens with zero attached hydrogens (tertiary/aromatic N) is 1. The highest BCUT2D eigenvalue weighted by molar-refractivity contribution is 7.12. The third kappa shape index (κ3) is 5.82. The molecule has 144 valence electrons. The molecule has 2 aromatic rings. The van der Waals surface area contributed by atoms with Crippen LogP contribution in [-0.2, 0) is 4.79 Å². The number of carbonyl (C=O) groups excluding carboxylic acids is 2. The van der Waals surface area contributed by atoms with Crippen LogP contribution in [0.2, 0.25) is 0 Å². The highest BCUT2D eigenvalue weighted by atomic mass is 32.1. The van der Waals surface area contributed by atoms with E-state index in [0.717, 1.165) is 23.5 Å². The van der Waals surface area contributed by atoms with Gasteiger partial charge >= 0.3 is 0 Å². The molecule has 6 heteroatoms. The zero-order valence-electron chi connectivity index (χ0n) is 15.6. The second-order valence-corrected chi connectivity index (χ2v) is 7.82. The Bertz CT molecular complexity index is 735. The van der Waals surface area contributed by atoms with Crippen LogP contribution in [0.5, 0.6) is 5.75 Å². The number of hydrogen-bond acceptors (Lipinski definition) is 4. The average molecular weight is 387 g/mol. The maximum absolute atomic E-state index is 12.3. The maximum atomic E-state index is 12.3. The summed E-state index contributed by atoms with van der Waals surface area (Å²) in [6.07, 6.45) is 2.76. The maximum Gasteiger partial charge on any atom is 0.263 e. The van der Waals surface area contributed by atoms with Gasteiger partial charge in [0.2, 0.25) is 5.91 Å². The minimum atomic E-state index is 0.0607. The van der Waals surface area contributed by atoms with Gasteiger partial charge in [0.15, 0.2) is 0 Å². The highest BCUT2D eigenvalue weighted by Crippen LogP contribution is 2.17. The van der Waals surface area contributed by atoms with Crippen LogP contribution in [0.1, 0.15) is 40.9 Å². The van der Waals surface area contributed by atoms with Gasteiger partial charge < -0.3 is 15.0 Å². The lowest BCUT2D eigenvalue weighted by molar-refractivity contribution is -0.122. The number of carbonyl (C=O) groups is 2. The van der Waals surface area contributed by atoms with Gasteiger partial charge in [-0.25, -0.2) is 0 Å². The highest BCUT2D eigenvalue weighted by Gasteiger charge is 2.24. The van der Waals surface area contributed by atoms with E-state index < -0.39 is 0 Å². The molecular weight excluding hydrogens is 360 g/mol. The number of thiophene rings is 1. The Morgan fingerprint density at radius 1 is 1.19 bits per heavy atom. The first-order valence-electron chi connectivity index (χ1n) is 9.43. The third-order valence-electron chi connectivity index (χ3n) is 4.72. The van der Waals surface area contributed by atoms with E-state index >= 15 is 0 Å². The van der Waals surface area contributed by atoms with E-state index in [0.29, 0.717) is 32.5 Å². The molecule has 1 aliphatic heterocycles. The quantitative estimate of drug-likeness (QED) is 0.739. The van der Waals surface area contributed by atoms with Crippen LogP contribution >= 0.6 is 11.3 Å². The van der Waals surface area contributed by atoms with Crippen LogP contribution in [0.3, 0.4) is 0 Å². The molecule has 0 radical (unpaired) electrons. The first-order valence-corrected chi connectivity index (χ1v) is 10.3. The molecule has 1 N–H and O–H groups in total. The standard InChI is InChI=1S/C21H26N2O3S/c1-16-6-8-18(9-7-16)26-14-2-5-20(24)22-17-10-12-23(13-11-17)21(25)19-4-3-15-27-19/h3-4,6-9,15,17H,2,5,10-14H2,1H3,(H,22,24). The molecule has 0 spiro atoms. The molecule has 5 nitrogen and oxygen atoms in total. The lowest BCUT2D eigenvalue weighted by atomic mass is 10.0. The minimum Gasteiger partial charge on any atom is -0.494 e. The van der Waals surface area contributed by atoms with Gasteiger partial charge in [0.05, 0.1) is 11.5 Å². The Labute approximate surface area is 164 Å². The molecule has 0 unspecified atom stereocenters. The molecule has 1 aromatic carbocycles. The number of benzene rings is 1. The summed E-state index contributed by atoms with van der Waals surface area (Å²) in [4.78, 5) is 27.1. The fourth-order valence-electron chi connectivity index (χ4n) is 3.14. The third-order valence-corrected chi connectivity index (χ3v) is 5.57. The molecule has 1 saturated heterocycles. The van der Waals surface area contributed by atoms with Crippen LogP contribution < -0.4 is 10.1 Å². The van der Waals surface area contributed by atoms with E-state index in [9.17, 15) is 9.59 Å². The summed E-state index contributed by atoms with van der Waals surface area (Å²) >= 11 is 1.47. The Morgan fingerprint density at radius 3 is 2.59 bits per heavy atom. The van der Waals surface area contributed by atoms with E-state index in [-0.39, 0.29) is 17.9 Å². The molecule has 27 heavy (non-hydrogen) atoms. The van der Waals surface area contributed by atoms with Crippen molar-refractivity contribution in [2.24, 2.45) is 0 Å². The number of likely N-dealkylation sites (tertiary alicyclic amines) is 1. The van der Waals surface area contributed by atoms with Crippen LogP contribution in [0.25, 0.3) is 0 Å². The van der Waals surface area contributed by atoms with E-state index in [4.69, 9.17) is 4.74 Å². The van der Waals surface area contributed by atoms with Crippen molar-refractivity contribution in [3.05, 3.63) is 52.2 Å². The molecule has 1 aromatic heterocycles. The predicted octanol–water partition coefficient (Wildman–Crippen LogP) is 3.64. The van der Waals surface area contributed by atoms with Crippen LogP contribution in [-0.4, -0.2) is 42.5 Å². The van der Waals surface area contributed by atoms with Crippen LogP contribution in [0.15, 0.2) is 41.8 Å². The lowest BCUT2D eigenvalue weighted by Crippen LogP contribution is -2.46. The summed E-state index contributed by atoms with van der Waals surface area (Å²) in [7, 11) is 0. The normalized spacial score (nSPS) is 14.8. The smallest absolute Gasteiger partial charge is 0.263 e. The molecule has 0 bridgehead atoms. The van der Waals surface area contributed by atoms with Crippen molar-refractivity contribution >= 4 is 23.2 Å². The monoisotopic (exact) mass is 386 g/mol. The number of rotatable bonds is 7. The van der Waals surface area contributed by atoms with Gasteiger partial charge in [-0.3, -0.25) is 9.59 Å². The summed E-state index contributed by atoms with van der Waals surface area (Å²) < 4.78 is 5.65. The van der Waals surface area contributed by atoms with Gasteiger partial charge in [-0.05, 0) is 49.8 Å². The van der Waals surface area contributed by atoms with Gasteiger partial charge in [-0.2, -0.15) is 0 Å². The van der Waals surface area contributed by atoms with Gasteiger partial charge in [0, 0.05) is 25.6 Å². The number of ether oxygens (including phenoxy) is 1. The Kier molecular flexibility index (Phi) is 6.87. The topological polar surface area (TPSA) is 58.6 Å². The number of nitrogens with one attached hydrogen (secondary N) is 1. The summed E-state index contributed by atoms with van der Waals surface area (Å²) in [5.41, 5.74) is 1.20. The SMILES string of the molecule is Cc1ccc(OCCCC(=O)NC2CCN(C(=O)c3cccs3)CC2)cc1. The van der Waals surface area contributed by atoms with E-state index in [1.165, 1.54) is 16.9 Å². The zero-order chi connectivity index (χ0) is 19.1. The van der Waals surface area contributed by atoms with Gasteiger partial charge in [-0.1, -0.05) is 23.8 Å². The molecule has 0 aliphatic carbocycles. The fraction of sp³-hybridized carbons (Fsp3) is 0.429. The molecule has 2 heterocycles. The first-order chi connectivity index (χ1) is 13.1. The Balaban J connectivity index is 1.31. The molecule has 0 atom stereocenters. The largest absolute Gasteiger partial charge is 0.494 e. The van der Waals surface area contributed by atoms with Crippen molar-refractivity contribution in [2.75, 3.05) is 19.7 Å². The number of hydrogen-bond donors (Lipinski definition) is 1. The predicted molar refractivity (Wildman–Crippen MR) is 107 cm³/mol. The molecule has 2 amide bonds. The van der Waals surface area contributed by atoms with Crippen molar-refractivity contribution in [1.29, 1.82) is 0 Å². The minimum absolute atomic E-state index is 0.0607. The second-order valence-electron chi connectivity index (χ2n) is 6.88. The van der Waals surface area contributed by atoms with E-state index in [1.54, 1.807) is 0 Å². The van der Waals surface area contributed by atoms with Gasteiger partial charge in [0.1, 0.15) is 5.75 Å². The second kappa shape index (κ2) is 9.55. The number of piperidine rings is 1. The number of amides is 2. The first kappa shape index (κ1) is 19.4. The Morgan fingerprint density at radius 2 is 1.93 bits per heavy atom. The number of aryl methyl sites for hydroxylation is 1. The average Bonchev–Trinajstić information content (AvgIpc) is 3.21. The molecule has 3 rings (SSSR count). The zero-order valence-corrected chi connectivity index (χ0v) is 16.5. The molecule has 1 aliphatic rings. The summed E-state index contributed by atoms with van der Waals surface area (Å²) in [5, 5.41) is 5.01. The molecule has 0 saturated carbocycles. The molecule has 1 fully saturated rings. The van der Waals surface area contributed by atoms with Crippen molar-refractivity contribution < 1.29 is 14.3 Å². The lowest BCUT2D eigenvalue weighted by Gasteiger charge is -2.32. The van der Waals surface area contributed by atoms with Gasteiger partial charge in [-0.15, -0.1) is 11.3 Å². The summed E-state index contributed by atoms with van der Waals surface area (Å²) in [5.74, 6) is 0.998. The van der Waals surface area contributed by atoms with Gasteiger partial charge in [0.25, 0.3) is 5.91 Å². The summed E-state index contributed by atoms with van der Waals surface area (Å²) in [6, 6.07) is 11.8. The Hall–Kier alpha value is -2.34. The van der Waals surface area contributed by atoms with Crippen LogP contribution in [0, 0.1) is 6.92 Å². The van der Waals surface area contributed by atoms with Crippen molar-refractivity contribution in [1.82, 2.24) is 10.2 Å². The van der Waals surface area contributed by atoms with Crippen molar-refractivity contribution in [3.63, 3.8) is 0 Å². The van der Waals surface area contributed by atoms with Crippen LogP contribution in [0.4, 0.5) is 0 Å².